The van der Waals surface area contributed by atoms with Crippen molar-refractivity contribution in [3.8, 4) is 0 Å². The fraction of sp³-hybridized carbons (Fsp3) is 0.100. The summed E-state index contributed by atoms with van der Waals surface area (Å²) < 4.78 is 37.8. The average molecular weight is 291 g/mol. The largest absolute Gasteiger partial charge is 0.417 e. The Morgan fingerprint density at radius 3 is 2.68 bits per heavy atom. The molecular weight excluding hydrogens is 285 g/mol. The molecule has 0 unspecified atom stereocenters. The molecule has 0 atom stereocenters. The molecule has 19 heavy (non-hydrogen) atoms. The van der Waals surface area contributed by atoms with Gasteiger partial charge in [0.05, 0.1) is 16.8 Å². The first-order chi connectivity index (χ1) is 8.88. The zero-order chi connectivity index (χ0) is 14.0. The van der Waals surface area contributed by atoms with Crippen molar-refractivity contribution in [2.24, 2.45) is 0 Å². The topological polar surface area (TPSA) is 70.7 Å². The lowest BCUT2D eigenvalue weighted by Crippen LogP contribution is -2.14. The van der Waals surface area contributed by atoms with Crippen molar-refractivity contribution >= 4 is 23.2 Å². The summed E-state index contributed by atoms with van der Waals surface area (Å²) in [5.41, 5.74) is -1.10. The molecule has 0 saturated heterocycles. The van der Waals surface area contributed by atoms with E-state index in [1.54, 1.807) is 0 Å². The van der Waals surface area contributed by atoms with E-state index in [0.717, 1.165) is 18.3 Å². The Hall–Kier alpha value is -2.09. The fourth-order valence-corrected chi connectivity index (χ4v) is 1.55. The zero-order valence-electron chi connectivity index (χ0n) is 9.12. The molecule has 0 aliphatic carbocycles. The number of benzene rings is 1. The molecule has 0 aliphatic rings. The number of anilines is 1. The molecule has 100 valence electrons. The maximum absolute atomic E-state index is 12.6. The molecule has 0 spiro atoms. The Morgan fingerprint density at radius 2 is 2.11 bits per heavy atom. The molecule has 1 aromatic heterocycles. The third-order valence-electron chi connectivity index (χ3n) is 2.18. The van der Waals surface area contributed by atoms with Gasteiger partial charge in [0, 0.05) is 5.69 Å². The van der Waals surface area contributed by atoms with Crippen LogP contribution in [0.1, 0.15) is 16.1 Å². The van der Waals surface area contributed by atoms with Crippen LogP contribution in [0.2, 0.25) is 5.02 Å². The highest BCUT2D eigenvalue weighted by Crippen LogP contribution is 2.36. The molecule has 2 aromatic rings. The van der Waals surface area contributed by atoms with E-state index in [-0.39, 0.29) is 11.4 Å². The summed E-state index contributed by atoms with van der Waals surface area (Å²) in [5.74, 6) is -0.677. The molecule has 0 saturated carbocycles. The van der Waals surface area contributed by atoms with E-state index in [2.05, 4.69) is 20.7 Å². The minimum Gasteiger partial charge on any atom is -0.321 e. The maximum atomic E-state index is 12.6. The second-order valence-corrected chi connectivity index (χ2v) is 3.91. The van der Waals surface area contributed by atoms with Crippen LogP contribution in [0.3, 0.4) is 0 Å². The van der Waals surface area contributed by atoms with Crippen molar-refractivity contribution < 1.29 is 18.0 Å². The number of carbonyl (C=O) groups excluding carboxylic acids is 1. The number of hydrogen-bond acceptors (Lipinski definition) is 3. The van der Waals surface area contributed by atoms with Gasteiger partial charge in [0.25, 0.3) is 5.91 Å². The van der Waals surface area contributed by atoms with Crippen molar-refractivity contribution in [3.63, 3.8) is 0 Å². The highest BCUT2D eigenvalue weighted by Gasteiger charge is 2.33. The Morgan fingerprint density at radius 1 is 1.37 bits per heavy atom. The van der Waals surface area contributed by atoms with Crippen LogP contribution < -0.4 is 5.32 Å². The molecule has 0 fully saturated rings. The molecule has 5 nitrogen and oxygen atoms in total. The van der Waals surface area contributed by atoms with Crippen molar-refractivity contribution in [1.82, 2.24) is 15.4 Å². The van der Waals surface area contributed by atoms with Gasteiger partial charge in [-0.25, -0.2) is 0 Å². The quantitative estimate of drug-likeness (QED) is 0.893. The van der Waals surface area contributed by atoms with Gasteiger partial charge in [-0.3, -0.25) is 4.79 Å². The monoisotopic (exact) mass is 290 g/mol. The maximum Gasteiger partial charge on any atom is 0.417 e. The summed E-state index contributed by atoms with van der Waals surface area (Å²) in [7, 11) is 0. The van der Waals surface area contributed by atoms with Gasteiger partial charge in [-0.2, -0.15) is 28.6 Å². The second-order valence-electron chi connectivity index (χ2n) is 3.50. The van der Waals surface area contributed by atoms with Gasteiger partial charge in [-0.1, -0.05) is 11.6 Å². The van der Waals surface area contributed by atoms with Gasteiger partial charge in [-0.05, 0) is 18.2 Å². The summed E-state index contributed by atoms with van der Waals surface area (Å²) >= 11 is 5.46. The Kier molecular flexibility index (Phi) is 3.43. The predicted octanol–water partition coefficient (Wildman–Crippen LogP) is 2.73. The predicted molar refractivity (Wildman–Crippen MR) is 60.8 cm³/mol. The van der Waals surface area contributed by atoms with Crippen molar-refractivity contribution in [2.45, 2.75) is 6.18 Å². The molecule has 0 radical (unpaired) electrons. The first-order valence-electron chi connectivity index (χ1n) is 4.92. The number of halogens is 4. The van der Waals surface area contributed by atoms with E-state index < -0.39 is 22.7 Å². The lowest BCUT2D eigenvalue weighted by molar-refractivity contribution is -0.137. The number of hydrogen-bond donors (Lipinski definition) is 2. The Balaban J connectivity index is 2.25. The van der Waals surface area contributed by atoms with Crippen LogP contribution in [-0.4, -0.2) is 21.3 Å². The molecule has 9 heteroatoms. The number of aromatic nitrogens is 3. The minimum atomic E-state index is -4.59. The third-order valence-corrected chi connectivity index (χ3v) is 2.51. The normalized spacial score (nSPS) is 11.4. The number of amides is 1. The molecular formula is C10H6ClF3N4O. The van der Waals surface area contributed by atoms with Crippen LogP contribution in [-0.2, 0) is 6.18 Å². The standard InChI is InChI=1S/C10H6ClF3N4O/c11-7-2-1-5(3-6(7)10(12,13)14)16-9(19)8-4-15-18-17-8/h1-4H,(H,16,19)(H,15,17,18). The highest BCUT2D eigenvalue weighted by molar-refractivity contribution is 6.31. The molecule has 1 aromatic carbocycles. The number of alkyl halides is 3. The minimum absolute atomic E-state index is 0.0373. The Labute approximate surface area is 109 Å². The summed E-state index contributed by atoms with van der Waals surface area (Å²) in [6.07, 6.45) is -3.44. The van der Waals surface area contributed by atoms with Crippen LogP contribution in [0.15, 0.2) is 24.4 Å². The zero-order valence-corrected chi connectivity index (χ0v) is 9.88. The summed E-state index contributed by atoms with van der Waals surface area (Å²) in [5, 5.41) is 11.0. The molecule has 2 N–H and O–H groups in total. The van der Waals surface area contributed by atoms with E-state index in [1.165, 1.54) is 6.07 Å². The van der Waals surface area contributed by atoms with Crippen LogP contribution in [0.25, 0.3) is 0 Å². The Bertz CT molecular complexity index is 597. The van der Waals surface area contributed by atoms with Crippen LogP contribution in [0, 0.1) is 0 Å². The van der Waals surface area contributed by atoms with Gasteiger partial charge in [0.15, 0.2) is 5.69 Å². The summed E-state index contributed by atoms with van der Waals surface area (Å²) in [4.78, 5) is 11.6. The molecule has 1 heterocycles. The SMILES string of the molecule is O=C(Nc1ccc(Cl)c(C(F)(F)F)c1)c1cn[nH]n1. The van der Waals surface area contributed by atoms with Crippen molar-refractivity contribution in [1.29, 1.82) is 0 Å². The molecule has 0 aliphatic heterocycles. The van der Waals surface area contributed by atoms with E-state index in [4.69, 9.17) is 11.6 Å². The number of carbonyl (C=O) groups is 1. The van der Waals surface area contributed by atoms with Crippen molar-refractivity contribution in [3.05, 3.63) is 40.7 Å². The lowest BCUT2D eigenvalue weighted by Gasteiger charge is -2.11. The highest BCUT2D eigenvalue weighted by atomic mass is 35.5. The fourth-order valence-electron chi connectivity index (χ4n) is 1.33. The van der Waals surface area contributed by atoms with Crippen LogP contribution >= 0.6 is 11.6 Å². The number of rotatable bonds is 2. The van der Waals surface area contributed by atoms with E-state index in [9.17, 15) is 18.0 Å². The molecule has 2 rings (SSSR count). The van der Waals surface area contributed by atoms with Gasteiger partial charge in [0.1, 0.15) is 0 Å². The molecule has 1 amide bonds. The van der Waals surface area contributed by atoms with E-state index in [0.29, 0.717) is 0 Å². The van der Waals surface area contributed by atoms with Gasteiger partial charge < -0.3 is 5.32 Å². The molecule has 0 bridgehead atoms. The van der Waals surface area contributed by atoms with Gasteiger partial charge in [0.2, 0.25) is 0 Å². The van der Waals surface area contributed by atoms with Crippen molar-refractivity contribution in [2.75, 3.05) is 5.32 Å². The number of aromatic amines is 1. The second kappa shape index (κ2) is 4.88. The van der Waals surface area contributed by atoms with E-state index in [1.807, 2.05) is 0 Å². The van der Waals surface area contributed by atoms with Gasteiger partial charge in [-0.15, -0.1) is 0 Å². The lowest BCUT2D eigenvalue weighted by atomic mass is 10.2. The van der Waals surface area contributed by atoms with Crippen LogP contribution in [0.4, 0.5) is 18.9 Å². The summed E-state index contributed by atoms with van der Waals surface area (Å²) in [6, 6.07) is 3.07. The first-order valence-corrected chi connectivity index (χ1v) is 5.29. The smallest absolute Gasteiger partial charge is 0.321 e. The average Bonchev–Trinajstić information content (AvgIpc) is 2.83. The van der Waals surface area contributed by atoms with E-state index >= 15 is 0 Å². The number of nitrogens with zero attached hydrogens (tertiary/aromatic N) is 2. The first kappa shape index (κ1) is 13.3. The summed E-state index contributed by atoms with van der Waals surface area (Å²) in [6.45, 7) is 0. The number of nitrogens with one attached hydrogen (secondary N) is 2. The van der Waals surface area contributed by atoms with Crippen LogP contribution in [0.5, 0.6) is 0 Å². The number of H-pyrrole nitrogens is 1. The van der Waals surface area contributed by atoms with Gasteiger partial charge >= 0.3 is 6.18 Å². The third kappa shape index (κ3) is 3.02.